The zero-order valence-corrected chi connectivity index (χ0v) is 14.7. The van der Waals surface area contributed by atoms with Crippen molar-refractivity contribution in [2.24, 2.45) is 5.92 Å². The molecule has 0 heterocycles. The van der Waals surface area contributed by atoms with Crippen molar-refractivity contribution >= 4 is 11.6 Å². The second-order valence-corrected chi connectivity index (χ2v) is 7.12. The second-order valence-electron chi connectivity index (χ2n) is 7.12. The van der Waals surface area contributed by atoms with Gasteiger partial charge < -0.3 is 0 Å². The molecule has 0 saturated heterocycles. The fourth-order valence-corrected chi connectivity index (χ4v) is 3.88. The van der Waals surface area contributed by atoms with Crippen LogP contribution in [0.1, 0.15) is 67.7 Å². The third-order valence-electron chi connectivity index (χ3n) is 5.14. The van der Waals surface area contributed by atoms with Gasteiger partial charge in [-0.15, -0.1) is 0 Å². The van der Waals surface area contributed by atoms with Gasteiger partial charge in [-0.3, -0.25) is 0 Å². The highest BCUT2D eigenvalue weighted by Crippen LogP contribution is 2.45. The number of benzene rings is 2. The fourth-order valence-electron chi connectivity index (χ4n) is 3.88. The maximum absolute atomic E-state index is 2.42. The van der Waals surface area contributed by atoms with Crippen molar-refractivity contribution < 1.29 is 0 Å². The molecule has 23 heavy (non-hydrogen) atoms. The molecule has 0 nitrogen and oxygen atoms in total. The van der Waals surface area contributed by atoms with E-state index in [0.717, 1.165) is 5.92 Å². The molecular formula is C23H28. The van der Waals surface area contributed by atoms with Gasteiger partial charge in [0.05, 0.1) is 0 Å². The minimum absolute atomic E-state index is 0.562. The quantitative estimate of drug-likeness (QED) is 0.547. The van der Waals surface area contributed by atoms with Crippen LogP contribution in [0.5, 0.6) is 0 Å². The molecule has 1 aliphatic carbocycles. The first kappa shape index (κ1) is 16.1. The summed E-state index contributed by atoms with van der Waals surface area (Å²) in [6.45, 7) is 6.90. The zero-order chi connectivity index (χ0) is 16.2. The Bertz CT molecular complexity index is 678. The molecule has 0 bridgehead atoms. The van der Waals surface area contributed by atoms with Crippen LogP contribution in [0.3, 0.4) is 0 Å². The Morgan fingerprint density at radius 1 is 1.00 bits per heavy atom. The maximum atomic E-state index is 2.42. The molecule has 0 heteroatoms. The van der Waals surface area contributed by atoms with Crippen molar-refractivity contribution in [2.75, 3.05) is 0 Å². The van der Waals surface area contributed by atoms with Crippen molar-refractivity contribution in [1.29, 1.82) is 0 Å². The van der Waals surface area contributed by atoms with Crippen LogP contribution in [-0.2, 0) is 0 Å². The molecule has 2 unspecified atom stereocenters. The van der Waals surface area contributed by atoms with Gasteiger partial charge in [-0.05, 0) is 47.9 Å². The summed E-state index contributed by atoms with van der Waals surface area (Å²) in [7, 11) is 0. The first-order valence-corrected chi connectivity index (χ1v) is 9.06. The summed E-state index contributed by atoms with van der Waals surface area (Å²) in [5.74, 6) is 1.39. The monoisotopic (exact) mass is 304 g/mol. The third kappa shape index (κ3) is 3.58. The molecule has 2 aromatic rings. The fraction of sp³-hybridized carbons (Fsp3) is 0.391. The molecule has 1 aliphatic rings. The molecule has 0 radical (unpaired) electrons. The van der Waals surface area contributed by atoms with Gasteiger partial charge in [-0.2, -0.15) is 0 Å². The first-order valence-electron chi connectivity index (χ1n) is 9.06. The van der Waals surface area contributed by atoms with Crippen LogP contribution in [0.25, 0.3) is 11.6 Å². The van der Waals surface area contributed by atoms with Gasteiger partial charge in [0.25, 0.3) is 0 Å². The van der Waals surface area contributed by atoms with Crippen LogP contribution < -0.4 is 0 Å². The van der Waals surface area contributed by atoms with Gasteiger partial charge in [-0.25, -0.2) is 0 Å². The van der Waals surface area contributed by atoms with Crippen LogP contribution in [-0.4, -0.2) is 0 Å². The lowest BCUT2D eigenvalue weighted by atomic mass is 9.84. The summed E-state index contributed by atoms with van der Waals surface area (Å²) in [4.78, 5) is 0. The molecule has 0 fully saturated rings. The number of aryl methyl sites for hydroxylation is 1. The summed E-state index contributed by atoms with van der Waals surface area (Å²) in [6, 6.07) is 17.9. The van der Waals surface area contributed by atoms with Crippen LogP contribution in [0.15, 0.2) is 48.5 Å². The highest BCUT2D eigenvalue weighted by atomic mass is 14.3. The van der Waals surface area contributed by atoms with Gasteiger partial charge in [-0.1, -0.05) is 86.9 Å². The average molecular weight is 304 g/mol. The van der Waals surface area contributed by atoms with Crippen molar-refractivity contribution in [3.8, 4) is 0 Å². The standard InChI is InChI=1S/C23H28/c1-4-8-17(2)12-14-21-22-15-18(3)11-13-20(22)16-23(21)19-9-6-5-7-10-19/h5-7,9-11,13,15-17,21H,4,8,12,14H2,1-3H3. The van der Waals surface area contributed by atoms with Crippen molar-refractivity contribution in [2.45, 2.75) is 52.4 Å². The Kier molecular flexibility index (Phi) is 5.00. The highest BCUT2D eigenvalue weighted by Gasteiger charge is 2.26. The first-order chi connectivity index (χ1) is 11.2. The van der Waals surface area contributed by atoms with E-state index >= 15 is 0 Å². The van der Waals surface area contributed by atoms with E-state index in [1.165, 1.54) is 53.5 Å². The largest absolute Gasteiger partial charge is 0.0654 e. The van der Waals surface area contributed by atoms with Gasteiger partial charge in [0, 0.05) is 5.92 Å². The van der Waals surface area contributed by atoms with E-state index in [1.54, 1.807) is 0 Å². The SMILES string of the molecule is CCCC(C)CCC1C(c2ccccc2)=Cc2ccc(C)cc21. The lowest BCUT2D eigenvalue weighted by Crippen LogP contribution is -2.03. The molecule has 2 aromatic carbocycles. The Hall–Kier alpha value is -1.82. The minimum atomic E-state index is 0.562. The molecule has 0 saturated carbocycles. The second kappa shape index (κ2) is 7.17. The van der Waals surface area contributed by atoms with Crippen LogP contribution in [0.2, 0.25) is 0 Å². The minimum Gasteiger partial charge on any atom is -0.0654 e. The van der Waals surface area contributed by atoms with E-state index in [2.05, 4.69) is 75.4 Å². The predicted molar refractivity (Wildman–Crippen MR) is 102 cm³/mol. The van der Waals surface area contributed by atoms with E-state index in [4.69, 9.17) is 0 Å². The predicted octanol–water partition coefficient (Wildman–Crippen LogP) is 6.85. The van der Waals surface area contributed by atoms with Crippen molar-refractivity contribution in [3.63, 3.8) is 0 Å². The number of hydrogen-bond donors (Lipinski definition) is 0. The molecule has 0 amide bonds. The molecule has 0 aromatic heterocycles. The summed E-state index contributed by atoms with van der Waals surface area (Å²) < 4.78 is 0. The Labute approximate surface area is 141 Å². The molecule has 0 N–H and O–H groups in total. The Morgan fingerprint density at radius 3 is 2.52 bits per heavy atom. The van der Waals surface area contributed by atoms with Gasteiger partial charge in [0.1, 0.15) is 0 Å². The topological polar surface area (TPSA) is 0 Å². The van der Waals surface area contributed by atoms with Crippen molar-refractivity contribution in [3.05, 3.63) is 70.8 Å². The van der Waals surface area contributed by atoms with Crippen LogP contribution in [0.4, 0.5) is 0 Å². The summed E-state index contributed by atoms with van der Waals surface area (Å²) in [5, 5.41) is 0. The molecule has 0 spiro atoms. The number of hydrogen-bond acceptors (Lipinski definition) is 0. The lowest BCUT2D eigenvalue weighted by Gasteiger charge is -2.20. The number of fused-ring (bicyclic) bond motifs is 1. The lowest BCUT2D eigenvalue weighted by molar-refractivity contribution is 0.461. The molecule has 0 aliphatic heterocycles. The van der Waals surface area contributed by atoms with Crippen molar-refractivity contribution in [1.82, 2.24) is 0 Å². The third-order valence-corrected chi connectivity index (χ3v) is 5.14. The van der Waals surface area contributed by atoms with Crippen LogP contribution in [0, 0.1) is 12.8 Å². The van der Waals surface area contributed by atoms with E-state index in [9.17, 15) is 0 Å². The normalized spacial score (nSPS) is 17.7. The van der Waals surface area contributed by atoms with Gasteiger partial charge in [0.2, 0.25) is 0 Å². The maximum Gasteiger partial charge on any atom is 0.0102 e. The number of allylic oxidation sites excluding steroid dienone is 1. The summed E-state index contributed by atoms with van der Waals surface area (Å²) in [6.07, 6.45) is 7.63. The number of rotatable bonds is 6. The van der Waals surface area contributed by atoms with E-state index in [-0.39, 0.29) is 0 Å². The smallest absolute Gasteiger partial charge is 0.0102 e. The highest BCUT2D eigenvalue weighted by molar-refractivity contribution is 5.91. The van der Waals surface area contributed by atoms with Gasteiger partial charge >= 0.3 is 0 Å². The molecule has 2 atom stereocenters. The van der Waals surface area contributed by atoms with Crippen LogP contribution >= 0.6 is 0 Å². The zero-order valence-electron chi connectivity index (χ0n) is 14.7. The van der Waals surface area contributed by atoms with Gasteiger partial charge in [0.15, 0.2) is 0 Å². The van der Waals surface area contributed by atoms with E-state index < -0.39 is 0 Å². The molecular weight excluding hydrogens is 276 g/mol. The average Bonchev–Trinajstić information content (AvgIpc) is 2.92. The Morgan fingerprint density at radius 2 is 1.78 bits per heavy atom. The summed E-state index contributed by atoms with van der Waals surface area (Å²) >= 11 is 0. The van der Waals surface area contributed by atoms with E-state index in [1.807, 2.05) is 0 Å². The Balaban J connectivity index is 1.89. The molecule has 3 rings (SSSR count). The molecule has 120 valence electrons. The summed E-state index contributed by atoms with van der Waals surface area (Å²) in [5.41, 5.74) is 7.22. The van der Waals surface area contributed by atoms with E-state index in [0.29, 0.717) is 5.92 Å².